The van der Waals surface area contributed by atoms with E-state index in [0.717, 1.165) is 44.5 Å². The first-order valence-corrected chi connectivity index (χ1v) is 10.5. The van der Waals surface area contributed by atoms with Crippen LogP contribution in [0, 0.1) is 13.8 Å². The number of nitrogens with zero attached hydrogens (tertiary/aromatic N) is 2. The molecule has 0 saturated heterocycles. The Morgan fingerprint density at radius 2 is 1.61 bits per heavy atom. The van der Waals surface area contributed by atoms with E-state index in [9.17, 15) is 4.79 Å². The van der Waals surface area contributed by atoms with Gasteiger partial charge in [0.1, 0.15) is 0 Å². The van der Waals surface area contributed by atoms with Gasteiger partial charge >= 0.3 is 5.97 Å². The third-order valence-electron chi connectivity index (χ3n) is 6.63. The SMILES string of the molecule is Cc1cc(N(C)C)ccc1C1(c2c(C)n(C)c3ccccc23)OC(=O)c2ccccc21. The van der Waals surface area contributed by atoms with Crippen molar-refractivity contribution in [3.8, 4) is 0 Å². The van der Waals surface area contributed by atoms with Crippen LogP contribution in [-0.2, 0) is 17.4 Å². The summed E-state index contributed by atoms with van der Waals surface area (Å²) < 4.78 is 8.59. The standard InChI is InChI=1S/C27H26N2O2/c1-17-16-19(28(3)4)14-15-22(17)27(23-12-8-6-10-20(23)26(30)31-27)25-18(2)29(5)24-13-9-7-11-21(24)25/h6-16H,1-5H3. The second kappa shape index (κ2) is 6.74. The minimum Gasteiger partial charge on any atom is -0.440 e. The molecule has 0 N–H and O–H groups in total. The lowest BCUT2D eigenvalue weighted by Crippen LogP contribution is -2.31. The Labute approximate surface area is 182 Å². The maximum Gasteiger partial charge on any atom is 0.340 e. The number of hydrogen-bond acceptors (Lipinski definition) is 3. The monoisotopic (exact) mass is 410 g/mol. The number of carbonyl (C=O) groups excluding carboxylic acids is 1. The van der Waals surface area contributed by atoms with Gasteiger partial charge in [-0.1, -0.05) is 42.5 Å². The molecule has 4 aromatic rings. The minimum atomic E-state index is -0.993. The quantitative estimate of drug-likeness (QED) is 0.429. The Morgan fingerprint density at radius 3 is 2.35 bits per heavy atom. The van der Waals surface area contributed by atoms with Crippen molar-refractivity contribution in [2.45, 2.75) is 19.4 Å². The number of hydrogen-bond donors (Lipinski definition) is 0. The molecule has 1 unspecified atom stereocenters. The molecule has 4 heteroatoms. The van der Waals surface area contributed by atoms with E-state index in [-0.39, 0.29) is 5.97 Å². The molecule has 1 aromatic heterocycles. The van der Waals surface area contributed by atoms with Gasteiger partial charge < -0.3 is 14.2 Å². The molecule has 0 bridgehead atoms. The van der Waals surface area contributed by atoms with E-state index in [1.165, 1.54) is 0 Å². The predicted octanol–water partition coefficient (Wildman–Crippen LogP) is 5.32. The Balaban J connectivity index is 1.93. The third-order valence-corrected chi connectivity index (χ3v) is 6.63. The van der Waals surface area contributed by atoms with Crippen molar-refractivity contribution in [1.29, 1.82) is 0 Å². The molecule has 4 nitrogen and oxygen atoms in total. The first-order valence-electron chi connectivity index (χ1n) is 10.5. The van der Waals surface area contributed by atoms with E-state index < -0.39 is 5.60 Å². The number of esters is 1. The fourth-order valence-electron chi connectivity index (χ4n) is 5.02. The molecule has 1 atom stereocenters. The zero-order valence-electron chi connectivity index (χ0n) is 18.6. The number of carbonyl (C=O) groups is 1. The second-order valence-corrected chi connectivity index (χ2v) is 8.55. The number of fused-ring (bicyclic) bond motifs is 2. The molecule has 0 spiro atoms. The van der Waals surface area contributed by atoms with E-state index in [1.54, 1.807) is 0 Å². The summed E-state index contributed by atoms with van der Waals surface area (Å²) in [6, 6.07) is 22.5. The largest absolute Gasteiger partial charge is 0.440 e. The van der Waals surface area contributed by atoms with Gasteiger partial charge in [0.05, 0.1) is 5.56 Å². The van der Waals surface area contributed by atoms with Crippen molar-refractivity contribution in [3.63, 3.8) is 0 Å². The molecule has 3 aromatic carbocycles. The molecule has 0 radical (unpaired) electrons. The van der Waals surface area contributed by atoms with Crippen LogP contribution < -0.4 is 4.90 Å². The lowest BCUT2D eigenvalue weighted by Gasteiger charge is -2.32. The summed E-state index contributed by atoms with van der Waals surface area (Å²) in [7, 11) is 6.13. The van der Waals surface area contributed by atoms with Crippen LogP contribution in [0.5, 0.6) is 0 Å². The number of benzene rings is 3. The molecule has 1 aliphatic rings. The van der Waals surface area contributed by atoms with Gasteiger partial charge in [-0.2, -0.15) is 0 Å². The Bertz CT molecular complexity index is 1350. The van der Waals surface area contributed by atoms with Crippen LogP contribution in [0.15, 0.2) is 66.7 Å². The zero-order chi connectivity index (χ0) is 21.9. The molecular weight excluding hydrogens is 384 g/mol. The summed E-state index contributed by atoms with van der Waals surface area (Å²) in [5.74, 6) is -0.279. The molecule has 1 aliphatic heterocycles. The highest BCUT2D eigenvalue weighted by atomic mass is 16.6. The maximum atomic E-state index is 13.1. The summed E-state index contributed by atoms with van der Waals surface area (Å²) >= 11 is 0. The molecule has 2 heterocycles. The number of anilines is 1. The number of cyclic esters (lactones) is 1. The number of para-hydroxylation sites is 1. The minimum absolute atomic E-state index is 0.279. The average Bonchev–Trinajstić information content (AvgIpc) is 3.20. The Kier molecular flexibility index (Phi) is 4.23. The van der Waals surface area contributed by atoms with E-state index in [2.05, 4.69) is 60.7 Å². The van der Waals surface area contributed by atoms with Crippen molar-refractivity contribution in [1.82, 2.24) is 4.57 Å². The van der Waals surface area contributed by atoms with Crippen LogP contribution in [0.3, 0.4) is 0 Å². The predicted molar refractivity (Wildman–Crippen MR) is 125 cm³/mol. The van der Waals surface area contributed by atoms with E-state index >= 15 is 0 Å². The van der Waals surface area contributed by atoms with Crippen LogP contribution in [0.1, 0.15) is 38.3 Å². The highest BCUT2D eigenvalue weighted by Gasteiger charge is 2.51. The van der Waals surface area contributed by atoms with Gasteiger partial charge in [-0.05, 0) is 43.7 Å². The van der Waals surface area contributed by atoms with Crippen molar-refractivity contribution in [3.05, 3.63) is 100 Å². The highest BCUT2D eigenvalue weighted by Crippen LogP contribution is 2.51. The lowest BCUT2D eigenvalue weighted by atomic mass is 9.77. The molecule has 0 amide bonds. The Morgan fingerprint density at radius 1 is 0.903 bits per heavy atom. The van der Waals surface area contributed by atoms with Crippen molar-refractivity contribution < 1.29 is 9.53 Å². The molecule has 0 fully saturated rings. The van der Waals surface area contributed by atoms with Gasteiger partial charge in [-0.3, -0.25) is 0 Å². The van der Waals surface area contributed by atoms with E-state index in [4.69, 9.17) is 4.74 Å². The molecule has 0 saturated carbocycles. The van der Waals surface area contributed by atoms with Gasteiger partial charge in [0, 0.05) is 60.1 Å². The third kappa shape index (κ3) is 2.57. The summed E-state index contributed by atoms with van der Waals surface area (Å²) in [4.78, 5) is 15.2. The van der Waals surface area contributed by atoms with Gasteiger partial charge in [-0.25, -0.2) is 4.79 Å². The highest BCUT2D eigenvalue weighted by molar-refractivity contribution is 5.98. The summed E-state index contributed by atoms with van der Waals surface area (Å²) in [6.45, 7) is 4.20. The van der Waals surface area contributed by atoms with Crippen molar-refractivity contribution >= 4 is 22.6 Å². The summed E-state index contributed by atoms with van der Waals surface area (Å²) in [5, 5.41) is 1.10. The topological polar surface area (TPSA) is 34.5 Å². The van der Waals surface area contributed by atoms with Crippen LogP contribution in [0.2, 0.25) is 0 Å². The molecular formula is C27H26N2O2. The normalized spacial score (nSPS) is 17.6. The average molecular weight is 411 g/mol. The molecule has 31 heavy (non-hydrogen) atoms. The maximum absolute atomic E-state index is 13.1. The smallest absolute Gasteiger partial charge is 0.340 e. The number of rotatable bonds is 3. The fourth-order valence-corrected chi connectivity index (χ4v) is 5.02. The van der Waals surface area contributed by atoms with Crippen LogP contribution in [-0.4, -0.2) is 24.6 Å². The number of aryl methyl sites for hydroxylation is 2. The van der Waals surface area contributed by atoms with Gasteiger partial charge in [0.25, 0.3) is 0 Å². The first kappa shape index (κ1) is 19.4. The summed E-state index contributed by atoms with van der Waals surface area (Å²) in [5.41, 5.74) is 6.98. The van der Waals surface area contributed by atoms with Crippen molar-refractivity contribution in [2.24, 2.45) is 7.05 Å². The van der Waals surface area contributed by atoms with Gasteiger partial charge in [-0.15, -0.1) is 0 Å². The Hall–Kier alpha value is -3.53. The van der Waals surface area contributed by atoms with Gasteiger partial charge in [0.2, 0.25) is 0 Å². The lowest BCUT2D eigenvalue weighted by molar-refractivity contribution is 0.0252. The van der Waals surface area contributed by atoms with E-state index in [1.807, 2.05) is 50.5 Å². The van der Waals surface area contributed by atoms with Crippen LogP contribution >= 0.6 is 0 Å². The zero-order valence-corrected chi connectivity index (χ0v) is 18.6. The summed E-state index contributed by atoms with van der Waals surface area (Å²) in [6.07, 6.45) is 0. The number of ether oxygens (including phenoxy) is 1. The second-order valence-electron chi connectivity index (χ2n) is 8.55. The molecule has 0 aliphatic carbocycles. The van der Waals surface area contributed by atoms with E-state index in [0.29, 0.717) is 5.56 Å². The van der Waals surface area contributed by atoms with Crippen molar-refractivity contribution in [2.75, 3.05) is 19.0 Å². The molecule has 5 rings (SSSR count). The number of aromatic nitrogens is 1. The van der Waals surface area contributed by atoms with Crippen LogP contribution in [0.25, 0.3) is 10.9 Å². The fraction of sp³-hybridized carbons (Fsp3) is 0.222. The first-order chi connectivity index (χ1) is 14.9. The van der Waals surface area contributed by atoms with Crippen LogP contribution in [0.4, 0.5) is 5.69 Å². The van der Waals surface area contributed by atoms with Gasteiger partial charge in [0.15, 0.2) is 5.60 Å². The molecule has 156 valence electrons.